The van der Waals surface area contributed by atoms with Crippen molar-refractivity contribution in [2.75, 3.05) is 5.32 Å². The van der Waals surface area contributed by atoms with E-state index < -0.39 is 11.5 Å². The fourth-order valence-corrected chi connectivity index (χ4v) is 3.52. The average Bonchev–Trinajstić information content (AvgIpc) is 2.83. The van der Waals surface area contributed by atoms with Crippen molar-refractivity contribution in [1.82, 2.24) is 9.38 Å². The number of ether oxygens (including phenoxy) is 1. The fraction of sp³-hybridized carbons (Fsp3) is 0.143. The summed E-state index contributed by atoms with van der Waals surface area (Å²) in [5.74, 6) is -0.140. The first kappa shape index (κ1) is 23.5. The molecule has 0 bridgehead atoms. The van der Waals surface area contributed by atoms with Crippen LogP contribution in [0, 0.1) is 39.0 Å². The van der Waals surface area contributed by atoms with Crippen LogP contribution in [0.4, 0.5) is 5.69 Å². The molecule has 2 aromatic heterocycles. The molecule has 7 heteroatoms. The highest BCUT2D eigenvalue weighted by molar-refractivity contribution is 6.09. The minimum Gasteiger partial charge on any atom is -0.438 e. The highest BCUT2D eigenvalue weighted by Gasteiger charge is 2.18. The molecule has 4 aromatic rings. The van der Waals surface area contributed by atoms with E-state index in [0.29, 0.717) is 17.1 Å². The summed E-state index contributed by atoms with van der Waals surface area (Å²) in [6.07, 6.45) is 2.82. The van der Waals surface area contributed by atoms with Crippen LogP contribution in [0.15, 0.2) is 71.2 Å². The van der Waals surface area contributed by atoms with E-state index in [1.807, 2.05) is 64.1 Å². The first-order valence-corrected chi connectivity index (χ1v) is 11.0. The van der Waals surface area contributed by atoms with E-state index in [1.165, 1.54) is 10.5 Å². The Balaban J connectivity index is 1.81. The number of aryl methyl sites for hydroxylation is 4. The molecular weight excluding hydrogens is 440 g/mol. The Bertz CT molecular complexity index is 1580. The van der Waals surface area contributed by atoms with Crippen LogP contribution in [-0.2, 0) is 4.79 Å². The van der Waals surface area contributed by atoms with Gasteiger partial charge < -0.3 is 10.1 Å². The number of pyridine rings is 1. The third kappa shape index (κ3) is 4.97. The summed E-state index contributed by atoms with van der Waals surface area (Å²) >= 11 is 0. The summed E-state index contributed by atoms with van der Waals surface area (Å²) < 4.78 is 7.35. The van der Waals surface area contributed by atoms with Gasteiger partial charge in [0.1, 0.15) is 28.6 Å². The third-order valence-electron chi connectivity index (χ3n) is 5.70. The van der Waals surface area contributed by atoms with E-state index in [1.54, 1.807) is 30.5 Å². The maximum absolute atomic E-state index is 13.4. The van der Waals surface area contributed by atoms with Crippen LogP contribution in [-0.4, -0.2) is 15.3 Å². The SMILES string of the molecule is Cc1ccc(Oc2nc3c(C)cccn3c(=O)c2/C=C(/C#N)C(=O)Nc2ccc(C)c(C)c2)cc1. The molecule has 4 rings (SSSR count). The van der Waals surface area contributed by atoms with Gasteiger partial charge in [0.2, 0.25) is 5.88 Å². The number of hydrogen-bond acceptors (Lipinski definition) is 5. The van der Waals surface area contributed by atoms with Crippen LogP contribution >= 0.6 is 0 Å². The molecule has 0 aliphatic rings. The van der Waals surface area contributed by atoms with Gasteiger partial charge in [-0.1, -0.05) is 29.8 Å². The summed E-state index contributed by atoms with van der Waals surface area (Å²) in [7, 11) is 0. The van der Waals surface area contributed by atoms with E-state index in [2.05, 4.69) is 10.3 Å². The van der Waals surface area contributed by atoms with Crippen LogP contribution in [0.1, 0.15) is 27.8 Å². The van der Waals surface area contributed by atoms with Crippen molar-refractivity contribution >= 4 is 23.3 Å². The van der Waals surface area contributed by atoms with Crippen molar-refractivity contribution in [3.63, 3.8) is 0 Å². The molecule has 35 heavy (non-hydrogen) atoms. The summed E-state index contributed by atoms with van der Waals surface area (Å²) in [5, 5.41) is 12.5. The van der Waals surface area contributed by atoms with Crippen LogP contribution in [0.2, 0.25) is 0 Å². The number of nitrogens with one attached hydrogen (secondary N) is 1. The molecule has 0 saturated carbocycles. The predicted octanol–water partition coefficient (Wildman–Crippen LogP) is 5.27. The van der Waals surface area contributed by atoms with Gasteiger partial charge in [-0.25, -0.2) is 0 Å². The molecule has 0 atom stereocenters. The zero-order valence-electron chi connectivity index (χ0n) is 19.9. The smallest absolute Gasteiger partial charge is 0.269 e. The lowest BCUT2D eigenvalue weighted by Gasteiger charge is -2.12. The van der Waals surface area contributed by atoms with Crippen LogP contribution in [0.25, 0.3) is 11.7 Å². The van der Waals surface area contributed by atoms with E-state index in [9.17, 15) is 14.9 Å². The molecule has 0 saturated heterocycles. The molecule has 7 nitrogen and oxygen atoms in total. The number of aromatic nitrogens is 2. The van der Waals surface area contributed by atoms with Gasteiger partial charge in [0, 0.05) is 11.9 Å². The standard InChI is InChI=1S/C28H24N4O3/c1-17-7-11-23(12-8-17)35-27-24(28(34)32-13-5-6-19(3)25(32)31-27)15-21(16-29)26(33)30-22-10-9-18(2)20(4)14-22/h5-15H,1-4H3,(H,30,33)/b21-15-. The van der Waals surface area contributed by atoms with Gasteiger partial charge in [-0.3, -0.25) is 14.0 Å². The highest BCUT2D eigenvalue weighted by atomic mass is 16.5. The largest absolute Gasteiger partial charge is 0.438 e. The Hall–Kier alpha value is -4.70. The monoisotopic (exact) mass is 464 g/mol. The number of carbonyl (C=O) groups is 1. The molecule has 174 valence electrons. The Kier molecular flexibility index (Phi) is 6.47. The van der Waals surface area contributed by atoms with Crippen molar-refractivity contribution in [2.24, 2.45) is 0 Å². The summed E-state index contributed by atoms with van der Waals surface area (Å²) in [4.78, 5) is 30.9. The molecule has 0 fully saturated rings. The summed E-state index contributed by atoms with van der Waals surface area (Å²) in [6, 6.07) is 18.2. The second kappa shape index (κ2) is 9.65. The third-order valence-corrected chi connectivity index (χ3v) is 5.70. The van der Waals surface area contributed by atoms with Crippen molar-refractivity contribution < 1.29 is 9.53 Å². The minimum atomic E-state index is -0.634. The minimum absolute atomic E-state index is 0.000427. The first-order valence-electron chi connectivity index (χ1n) is 11.0. The summed E-state index contributed by atoms with van der Waals surface area (Å²) in [6.45, 7) is 7.70. The lowest BCUT2D eigenvalue weighted by atomic mass is 10.1. The average molecular weight is 465 g/mol. The molecular formula is C28H24N4O3. The van der Waals surface area contributed by atoms with Gasteiger partial charge in [0.05, 0.1) is 0 Å². The number of benzene rings is 2. The maximum atomic E-state index is 13.4. The predicted molar refractivity (Wildman–Crippen MR) is 136 cm³/mol. The molecule has 0 aliphatic carbocycles. The normalized spacial score (nSPS) is 11.2. The van der Waals surface area contributed by atoms with E-state index in [-0.39, 0.29) is 17.0 Å². The second-order valence-electron chi connectivity index (χ2n) is 8.36. The van der Waals surface area contributed by atoms with Gasteiger partial charge in [0.25, 0.3) is 11.5 Å². The van der Waals surface area contributed by atoms with E-state index >= 15 is 0 Å². The Morgan fingerprint density at radius 1 is 1.03 bits per heavy atom. The number of nitriles is 1. The summed E-state index contributed by atoms with van der Waals surface area (Å²) in [5.41, 5.74) is 4.20. The quantitative estimate of drug-likeness (QED) is 0.321. The zero-order valence-corrected chi connectivity index (χ0v) is 19.9. The molecule has 0 unspecified atom stereocenters. The molecule has 2 aromatic carbocycles. The zero-order chi connectivity index (χ0) is 25.1. The molecule has 0 radical (unpaired) electrons. The number of hydrogen-bond donors (Lipinski definition) is 1. The Morgan fingerprint density at radius 3 is 2.46 bits per heavy atom. The number of amides is 1. The van der Waals surface area contributed by atoms with Crippen molar-refractivity contribution in [2.45, 2.75) is 27.7 Å². The molecule has 2 heterocycles. The fourth-order valence-electron chi connectivity index (χ4n) is 3.52. The van der Waals surface area contributed by atoms with Crippen molar-refractivity contribution in [3.8, 4) is 17.7 Å². The van der Waals surface area contributed by atoms with E-state index in [0.717, 1.165) is 22.3 Å². The number of nitrogens with zero attached hydrogens (tertiary/aromatic N) is 3. The van der Waals surface area contributed by atoms with Crippen LogP contribution in [0.3, 0.4) is 0 Å². The number of rotatable bonds is 5. The van der Waals surface area contributed by atoms with Gasteiger partial charge in [0.15, 0.2) is 0 Å². The molecule has 1 N–H and O–H groups in total. The highest BCUT2D eigenvalue weighted by Crippen LogP contribution is 2.25. The van der Waals surface area contributed by atoms with E-state index in [4.69, 9.17) is 4.74 Å². The van der Waals surface area contributed by atoms with Gasteiger partial charge >= 0.3 is 0 Å². The van der Waals surface area contributed by atoms with Crippen LogP contribution in [0.5, 0.6) is 11.6 Å². The maximum Gasteiger partial charge on any atom is 0.269 e. The lowest BCUT2D eigenvalue weighted by molar-refractivity contribution is -0.112. The van der Waals surface area contributed by atoms with Crippen molar-refractivity contribution in [1.29, 1.82) is 5.26 Å². The van der Waals surface area contributed by atoms with Gasteiger partial charge in [-0.05, 0) is 80.8 Å². The molecule has 0 aliphatic heterocycles. The lowest BCUT2D eigenvalue weighted by Crippen LogP contribution is -2.20. The van der Waals surface area contributed by atoms with Gasteiger partial charge in [-0.15, -0.1) is 0 Å². The van der Waals surface area contributed by atoms with Crippen molar-refractivity contribution in [3.05, 3.63) is 105 Å². The number of fused-ring (bicyclic) bond motifs is 1. The molecule has 0 spiro atoms. The topological polar surface area (TPSA) is 96.5 Å². The molecule has 1 amide bonds. The number of carbonyl (C=O) groups excluding carboxylic acids is 1. The first-order chi connectivity index (χ1) is 16.8. The van der Waals surface area contributed by atoms with Crippen LogP contribution < -0.4 is 15.6 Å². The Labute approximate surface area is 203 Å². The van der Waals surface area contributed by atoms with Gasteiger partial charge in [-0.2, -0.15) is 10.2 Å². The Morgan fingerprint density at radius 2 is 1.77 bits per heavy atom. The number of anilines is 1. The second-order valence-corrected chi connectivity index (χ2v) is 8.36.